The van der Waals surface area contributed by atoms with Crippen molar-refractivity contribution < 1.29 is 24.2 Å². The minimum atomic E-state index is -1.24. The number of aromatic nitrogens is 2. The zero-order valence-corrected chi connectivity index (χ0v) is 18.5. The lowest BCUT2D eigenvalue weighted by molar-refractivity contribution is -0.118. The largest absolute Gasteiger partial charge is 0.476 e. The molecule has 1 atom stereocenters. The summed E-state index contributed by atoms with van der Waals surface area (Å²) in [7, 11) is 1.45. The van der Waals surface area contributed by atoms with Crippen LogP contribution in [0.25, 0.3) is 11.1 Å². The van der Waals surface area contributed by atoms with E-state index in [0.29, 0.717) is 0 Å². The molecule has 0 saturated heterocycles. The third kappa shape index (κ3) is 4.40. The summed E-state index contributed by atoms with van der Waals surface area (Å²) in [4.78, 5) is 36.8. The number of aryl methyl sites for hydroxylation is 1. The second-order valence-electron chi connectivity index (χ2n) is 7.87. The minimum absolute atomic E-state index is 0.0309. The molecule has 9 heteroatoms. The number of carboxylic acid groups (broad SMARTS) is 1. The van der Waals surface area contributed by atoms with Gasteiger partial charge in [-0.3, -0.25) is 9.48 Å². The highest BCUT2D eigenvalue weighted by Gasteiger charge is 2.30. The number of alkyl carbamates (subject to hydrolysis) is 1. The maximum absolute atomic E-state index is 12.8. The third-order valence-corrected chi connectivity index (χ3v) is 5.75. The quantitative estimate of drug-likeness (QED) is 0.442. The zero-order chi connectivity index (χ0) is 24.2. The topological polar surface area (TPSA) is 123 Å². The smallest absolute Gasteiger partial charge is 0.407 e. The van der Waals surface area contributed by atoms with Crippen LogP contribution in [0, 0.1) is 0 Å². The van der Waals surface area contributed by atoms with Gasteiger partial charge in [-0.25, -0.2) is 9.59 Å². The summed E-state index contributed by atoms with van der Waals surface area (Å²) in [5, 5.41) is 18.2. The number of nitrogens with zero attached hydrogens (tertiary/aromatic N) is 2. The number of ether oxygens (including phenoxy) is 1. The van der Waals surface area contributed by atoms with Crippen molar-refractivity contribution in [1.82, 2.24) is 15.1 Å². The van der Waals surface area contributed by atoms with E-state index in [4.69, 9.17) is 4.74 Å². The van der Waals surface area contributed by atoms with Crippen LogP contribution in [-0.4, -0.2) is 45.5 Å². The number of hydrogen-bond acceptors (Lipinski definition) is 5. The monoisotopic (exact) mass is 460 g/mol. The van der Waals surface area contributed by atoms with Crippen molar-refractivity contribution in [2.45, 2.75) is 18.4 Å². The Bertz CT molecular complexity index is 1220. The maximum Gasteiger partial charge on any atom is 0.407 e. The fraction of sp³-hybridized carbons (Fsp3) is 0.200. The first-order valence-electron chi connectivity index (χ1n) is 10.7. The molecule has 1 heterocycles. The third-order valence-electron chi connectivity index (χ3n) is 5.75. The Morgan fingerprint density at radius 2 is 1.76 bits per heavy atom. The van der Waals surface area contributed by atoms with E-state index in [1.165, 1.54) is 19.3 Å². The van der Waals surface area contributed by atoms with Crippen molar-refractivity contribution in [1.29, 1.82) is 0 Å². The minimum Gasteiger partial charge on any atom is -0.476 e. The number of hydrogen-bond donors (Lipinski definition) is 3. The zero-order valence-electron chi connectivity index (χ0n) is 18.5. The van der Waals surface area contributed by atoms with Gasteiger partial charge < -0.3 is 20.5 Å². The first-order chi connectivity index (χ1) is 16.4. The Hall–Kier alpha value is -4.40. The number of carboxylic acids is 1. The number of rotatable bonds is 8. The summed E-state index contributed by atoms with van der Waals surface area (Å²) in [5.74, 6) is -1.96. The van der Waals surface area contributed by atoms with E-state index in [1.807, 2.05) is 48.5 Å². The fourth-order valence-electron chi connectivity index (χ4n) is 4.18. The second kappa shape index (κ2) is 9.62. The van der Waals surface area contributed by atoms with Crippen molar-refractivity contribution in [2.75, 3.05) is 11.9 Å². The summed E-state index contributed by atoms with van der Waals surface area (Å²) >= 11 is 0. The molecule has 1 aromatic heterocycles. The summed E-state index contributed by atoms with van der Waals surface area (Å²) in [6.07, 6.45) is 2.08. The molecule has 0 spiro atoms. The van der Waals surface area contributed by atoms with Gasteiger partial charge in [-0.05, 0) is 28.7 Å². The number of carbonyl (C=O) groups is 3. The summed E-state index contributed by atoms with van der Waals surface area (Å²) in [6, 6.07) is 15.0. The average Bonchev–Trinajstić information content (AvgIpc) is 3.35. The highest BCUT2D eigenvalue weighted by atomic mass is 16.5. The Morgan fingerprint density at radius 1 is 1.15 bits per heavy atom. The van der Waals surface area contributed by atoms with E-state index in [0.717, 1.165) is 26.9 Å². The number of benzene rings is 2. The van der Waals surface area contributed by atoms with Crippen LogP contribution in [0.5, 0.6) is 0 Å². The fourth-order valence-corrected chi connectivity index (χ4v) is 4.18. The van der Waals surface area contributed by atoms with Gasteiger partial charge in [-0.2, -0.15) is 5.10 Å². The SMILES string of the molecule is C=CCC(NC(=O)OCC1c2ccccc2-c2ccccc21)C(=O)Nc1cnn(C)c1C(=O)O. The summed E-state index contributed by atoms with van der Waals surface area (Å²) in [6.45, 7) is 3.73. The van der Waals surface area contributed by atoms with Crippen molar-refractivity contribution >= 4 is 23.7 Å². The number of aromatic carboxylic acids is 1. The van der Waals surface area contributed by atoms with Crippen LogP contribution >= 0.6 is 0 Å². The lowest BCUT2D eigenvalue weighted by atomic mass is 9.98. The Labute approximate surface area is 196 Å². The van der Waals surface area contributed by atoms with Gasteiger partial charge in [0, 0.05) is 13.0 Å². The number of amides is 2. The molecule has 0 bridgehead atoms. The molecule has 4 rings (SSSR count). The molecule has 34 heavy (non-hydrogen) atoms. The number of carbonyl (C=O) groups excluding carboxylic acids is 2. The van der Waals surface area contributed by atoms with Crippen LogP contribution in [0.2, 0.25) is 0 Å². The Morgan fingerprint density at radius 3 is 2.35 bits per heavy atom. The molecule has 174 valence electrons. The molecular formula is C25H24N4O5. The van der Waals surface area contributed by atoms with Crippen molar-refractivity contribution in [3.8, 4) is 11.1 Å². The Balaban J connectivity index is 1.43. The van der Waals surface area contributed by atoms with Crippen LogP contribution in [0.15, 0.2) is 67.4 Å². The van der Waals surface area contributed by atoms with Crippen LogP contribution in [0.1, 0.15) is 34.0 Å². The normalized spacial score (nSPS) is 12.9. The van der Waals surface area contributed by atoms with Crippen molar-refractivity contribution in [3.05, 3.63) is 84.2 Å². The maximum atomic E-state index is 12.8. The van der Waals surface area contributed by atoms with Gasteiger partial charge in [-0.1, -0.05) is 54.6 Å². The molecule has 1 aliphatic carbocycles. The van der Waals surface area contributed by atoms with Crippen molar-refractivity contribution in [2.24, 2.45) is 7.05 Å². The predicted octanol–water partition coefficient (Wildman–Crippen LogP) is 3.54. The molecule has 0 aliphatic heterocycles. The van der Waals surface area contributed by atoms with E-state index < -0.39 is 24.0 Å². The molecule has 3 aromatic rings. The van der Waals surface area contributed by atoms with Crippen molar-refractivity contribution in [3.63, 3.8) is 0 Å². The van der Waals surface area contributed by atoms with Gasteiger partial charge in [0.25, 0.3) is 0 Å². The standard InChI is InChI=1S/C25H24N4O5/c1-3-8-20(23(30)27-21-13-26-29(2)22(21)24(31)32)28-25(33)34-14-19-17-11-6-4-9-15(17)16-10-5-7-12-18(16)19/h3-7,9-13,19-20H,1,8,14H2,2H3,(H,27,30)(H,28,33)(H,31,32). The van der Waals surface area contributed by atoms with Gasteiger partial charge in [-0.15, -0.1) is 6.58 Å². The summed E-state index contributed by atoms with van der Waals surface area (Å²) in [5.41, 5.74) is 4.24. The molecule has 0 fully saturated rings. The van der Waals surface area contributed by atoms with E-state index in [1.54, 1.807) is 0 Å². The lowest BCUT2D eigenvalue weighted by Gasteiger charge is -2.18. The van der Waals surface area contributed by atoms with Gasteiger partial charge in [0.15, 0.2) is 5.69 Å². The molecule has 2 amide bonds. The first-order valence-corrected chi connectivity index (χ1v) is 10.7. The van der Waals surface area contributed by atoms with Gasteiger partial charge >= 0.3 is 12.1 Å². The molecule has 9 nitrogen and oxygen atoms in total. The van der Waals surface area contributed by atoms with Crippen LogP contribution in [0.3, 0.4) is 0 Å². The second-order valence-corrected chi connectivity index (χ2v) is 7.87. The average molecular weight is 460 g/mol. The molecule has 1 unspecified atom stereocenters. The highest BCUT2D eigenvalue weighted by Crippen LogP contribution is 2.44. The van der Waals surface area contributed by atoms with Gasteiger partial charge in [0.05, 0.1) is 11.9 Å². The lowest BCUT2D eigenvalue weighted by Crippen LogP contribution is -2.44. The van der Waals surface area contributed by atoms with E-state index in [-0.39, 0.29) is 30.3 Å². The van der Waals surface area contributed by atoms with Crippen LogP contribution in [0.4, 0.5) is 10.5 Å². The van der Waals surface area contributed by atoms with Crippen LogP contribution in [-0.2, 0) is 16.6 Å². The molecule has 2 aromatic carbocycles. The summed E-state index contributed by atoms with van der Waals surface area (Å²) < 4.78 is 6.65. The van der Waals surface area contributed by atoms with Crippen LogP contribution < -0.4 is 10.6 Å². The van der Waals surface area contributed by atoms with E-state index >= 15 is 0 Å². The van der Waals surface area contributed by atoms with E-state index in [9.17, 15) is 19.5 Å². The highest BCUT2D eigenvalue weighted by molar-refractivity contribution is 6.02. The molecular weight excluding hydrogens is 436 g/mol. The molecule has 0 saturated carbocycles. The Kier molecular flexibility index (Phi) is 6.44. The van der Waals surface area contributed by atoms with Gasteiger partial charge in [0.1, 0.15) is 12.6 Å². The van der Waals surface area contributed by atoms with E-state index in [2.05, 4.69) is 22.3 Å². The first kappa shape index (κ1) is 22.8. The molecule has 0 radical (unpaired) electrons. The predicted molar refractivity (Wildman–Crippen MR) is 126 cm³/mol. The number of nitrogens with one attached hydrogen (secondary N) is 2. The van der Waals surface area contributed by atoms with Gasteiger partial charge in [0.2, 0.25) is 5.91 Å². The molecule has 3 N–H and O–H groups in total. The molecule has 1 aliphatic rings. The number of fused-ring (bicyclic) bond motifs is 3. The number of anilines is 1.